The smallest absolute Gasteiger partial charge is 0.0196 e. The van der Waals surface area contributed by atoms with Crippen molar-refractivity contribution in [2.75, 3.05) is 13.1 Å². The van der Waals surface area contributed by atoms with Gasteiger partial charge in [-0.05, 0) is 25.7 Å². The third-order valence-electron chi connectivity index (χ3n) is 3.81. The molecular formula is C13H28N2. The highest BCUT2D eigenvalue weighted by Gasteiger charge is 2.30. The number of nitrogens with zero attached hydrogens (tertiary/aromatic N) is 1. The van der Waals surface area contributed by atoms with E-state index in [0.29, 0.717) is 12.1 Å². The van der Waals surface area contributed by atoms with Crippen LogP contribution in [0.15, 0.2) is 0 Å². The van der Waals surface area contributed by atoms with Crippen LogP contribution in [0, 0.1) is 5.92 Å². The molecule has 0 bridgehead atoms. The van der Waals surface area contributed by atoms with Crippen molar-refractivity contribution in [1.82, 2.24) is 10.2 Å². The van der Waals surface area contributed by atoms with E-state index in [1.807, 2.05) is 0 Å². The molecule has 1 aliphatic rings. The summed E-state index contributed by atoms with van der Waals surface area (Å²) in [6.07, 6.45) is 2.52. The van der Waals surface area contributed by atoms with Crippen molar-refractivity contribution in [3.63, 3.8) is 0 Å². The molecule has 1 N–H and O–H groups in total. The van der Waals surface area contributed by atoms with E-state index >= 15 is 0 Å². The standard InChI is InChI=1S/C13H28N2/c1-6-12-9-15(11(5)8-14-12)13(7-2)10(3)4/h10-14H,6-9H2,1-5H3. The Labute approximate surface area is 95.4 Å². The Hall–Kier alpha value is -0.0800. The number of hydrogen-bond acceptors (Lipinski definition) is 2. The molecule has 0 aliphatic carbocycles. The third-order valence-corrected chi connectivity index (χ3v) is 3.81. The van der Waals surface area contributed by atoms with Crippen molar-refractivity contribution in [3.8, 4) is 0 Å². The Kier molecular flexibility index (Phi) is 5.07. The predicted octanol–water partition coefficient (Wildman–Crippen LogP) is 2.49. The lowest BCUT2D eigenvalue weighted by Gasteiger charge is -2.44. The lowest BCUT2D eigenvalue weighted by Crippen LogP contribution is -2.59. The minimum atomic E-state index is 0.695. The SMILES string of the molecule is CCC1CN(C(CC)C(C)C)C(C)CN1. The minimum Gasteiger partial charge on any atom is -0.311 e. The summed E-state index contributed by atoms with van der Waals surface area (Å²) in [5.41, 5.74) is 0. The second kappa shape index (κ2) is 5.86. The van der Waals surface area contributed by atoms with Crippen molar-refractivity contribution in [1.29, 1.82) is 0 Å². The Morgan fingerprint density at radius 2 is 2.00 bits per heavy atom. The molecule has 0 aromatic carbocycles. The molecule has 2 heteroatoms. The third kappa shape index (κ3) is 3.18. The van der Waals surface area contributed by atoms with Gasteiger partial charge in [-0.2, -0.15) is 0 Å². The summed E-state index contributed by atoms with van der Waals surface area (Å²) in [5, 5.41) is 3.62. The van der Waals surface area contributed by atoms with Gasteiger partial charge in [-0.15, -0.1) is 0 Å². The minimum absolute atomic E-state index is 0.695. The molecule has 90 valence electrons. The van der Waals surface area contributed by atoms with E-state index in [2.05, 4.69) is 44.8 Å². The van der Waals surface area contributed by atoms with Gasteiger partial charge in [-0.3, -0.25) is 4.90 Å². The summed E-state index contributed by atoms with van der Waals surface area (Å²) in [5.74, 6) is 0.771. The molecule has 0 saturated carbocycles. The first kappa shape index (κ1) is 13.0. The monoisotopic (exact) mass is 212 g/mol. The molecule has 1 rings (SSSR count). The summed E-state index contributed by atoms with van der Waals surface area (Å²) in [6.45, 7) is 14.0. The second-order valence-corrected chi connectivity index (χ2v) is 5.28. The maximum Gasteiger partial charge on any atom is 0.0196 e. The van der Waals surface area contributed by atoms with Crippen LogP contribution < -0.4 is 5.32 Å². The zero-order chi connectivity index (χ0) is 11.4. The van der Waals surface area contributed by atoms with Crippen molar-refractivity contribution < 1.29 is 0 Å². The number of hydrogen-bond donors (Lipinski definition) is 1. The fourth-order valence-electron chi connectivity index (χ4n) is 2.78. The largest absolute Gasteiger partial charge is 0.311 e. The molecule has 0 aromatic heterocycles. The molecule has 3 unspecified atom stereocenters. The van der Waals surface area contributed by atoms with E-state index in [9.17, 15) is 0 Å². The van der Waals surface area contributed by atoms with Crippen LogP contribution in [0.2, 0.25) is 0 Å². The summed E-state index contributed by atoms with van der Waals surface area (Å²) in [6, 6.07) is 2.16. The van der Waals surface area contributed by atoms with Crippen LogP contribution >= 0.6 is 0 Å². The van der Waals surface area contributed by atoms with Gasteiger partial charge in [0.15, 0.2) is 0 Å². The molecule has 3 atom stereocenters. The molecular weight excluding hydrogens is 184 g/mol. The molecule has 0 amide bonds. The molecule has 1 heterocycles. The maximum absolute atomic E-state index is 3.62. The van der Waals surface area contributed by atoms with Gasteiger partial charge in [0.05, 0.1) is 0 Å². The fourth-order valence-corrected chi connectivity index (χ4v) is 2.78. The zero-order valence-corrected chi connectivity index (χ0v) is 11.1. The Bertz CT molecular complexity index is 179. The van der Waals surface area contributed by atoms with E-state index in [-0.39, 0.29) is 0 Å². The molecule has 15 heavy (non-hydrogen) atoms. The van der Waals surface area contributed by atoms with Crippen molar-refractivity contribution in [2.24, 2.45) is 5.92 Å². The number of nitrogens with one attached hydrogen (secondary N) is 1. The zero-order valence-electron chi connectivity index (χ0n) is 11.1. The van der Waals surface area contributed by atoms with Crippen LogP contribution in [0.4, 0.5) is 0 Å². The van der Waals surface area contributed by atoms with Crippen LogP contribution in [-0.4, -0.2) is 36.1 Å². The molecule has 1 fully saturated rings. The quantitative estimate of drug-likeness (QED) is 0.770. The highest BCUT2D eigenvalue weighted by Crippen LogP contribution is 2.20. The van der Waals surface area contributed by atoms with Crippen LogP contribution in [-0.2, 0) is 0 Å². The van der Waals surface area contributed by atoms with Crippen LogP contribution in [0.5, 0.6) is 0 Å². The van der Waals surface area contributed by atoms with E-state index in [1.165, 1.54) is 19.4 Å². The Balaban J connectivity index is 2.63. The van der Waals surface area contributed by atoms with Crippen LogP contribution in [0.3, 0.4) is 0 Å². The first-order valence-corrected chi connectivity index (χ1v) is 6.59. The average molecular weight is 212 g/mol. The number of rotatable bonds is 4. The van der Waals surface area contributed by atoms with E-state index in [4.69, 9.17) is 0 Å². The molecule has 2 nitrogen and oxygen atoms in total. The van der Waals surface area contributed by atoms with Gasteiger partial charge in [0.25, 0.3) is 0 Å². The van der Waals surface area contributed by atoms with Crippen LogP contribution in [0.25, 0.3) is 0 Å². The van der Waals surface area contributed by atoms with Gasteiger partial charge >= 0.3 is 0 Å². The average Bonchev–Trinajstić information content (AvgIpc) is 2.21. The lowest BCUT2D eigenvalue weighted by molar-refractivity contribution is 0.0635. The van der Waals surface area contributed by atoms with Crippen molar-refractivity contribution in [2.45, 2.75) is 65.6 Å². The lowest BCUT2D eigenvalue weighted by atomic mass is 9.95. The molecule has 1 aliphatic heterocycles. The highest BCUT2D eigenvalue weighted by atomic mass is 15.3. The van der Waals surface area contributed by atoms with Gasteiger partial charge < -0.3 is 5.32 Å². The van der Waals surface area contributed by atoms with Gasteiger partial charge in [-0.1, -0.05) is 27.7 Å². The Morgan fingerprint density at radius 1 is 1.33 bits per heavy atom. The summed E-state index contributed by atoms with van der Waals surface area (Å²) in [4.78, 5) is 2.72. The Morgan fingerprint density at radius 3 is 2.47 bits per heavy atom. The predicted molar refractivity (Wildman–Crippen MR) is 67.2 cm³/mol. The van der Waals surface area contributed by atoms with Gasteiger partial charge in [0.2, 0.25) is 0 Å². The highest BCUT2D eigenvalue weighted by molar-refractivity contribution is 4.88. The second-order valence-electron chi connectivity index (χ2n) is 5.28. The van der Waals surface area contributed by atoms with Crippen LogP contribution in [0.1, 0.15) is 47.5 Å². The first-order valence-electron chi connectivity index (χ1n) is 6.59. The molecule has 1 saturated heterocycles. The normalized spacial score (nSPS) is 30.8. The molecule has 0 radical (unpaired) electrons. The van der Waals surface area contributed by atoms with Crippen molar-refractivity contribution >= 4 is 0 Å². The van der Waals surface area contributed by atoms with E-state index in [1.54, 1.807) is 0 Å². The van der Waals surface area contributed by atoms with Crippen molar-refractivity contribution in [3.05, 3.63) is 0 Å². The number of piperazine rings is 1. The summed E-state index contributed by atoms with van der Waals surface area (Å²) >= 11 is 0. The van der Waals surface area contributed by atoms with Gasteiger partial charge in [-0.25, -0.2) is 0 Å². The van der Waals surface area contributed by atoms with E-state index < -0.39 is 0 Å². The molecule has 0 spiro atoms. The van der Waals surface area contributed by atoms with E-state index in [0.717, 1.165) is 18.5 Å². The van der Waals surface area contributed by atoms with Gasteiger partial charge in [0.1, 0.15) is 0 Å². The maximum atomic E-state index is 3.62. The van der Waals surface area contributed by atoms with Gasteiger partial charge in [0, 0.05) is 31.2 Å². The first-order chi connectivity index (χ1) is 7.10. The molecule has 0 aromatic rings. The summed E-state index contributed by atoms with van der Waals surface area (Å²) < 4.78 is 0. The summed E-state index contributed by atoms with van der Waals surface area (Å²) in [7, 11) is 0. The topological polar surface area (TPSA) is 15.3 Å². The fraction of sp³-hybridized carbons (Fsp3) is 1.00.